The van der Waals surface area contributed by atoms with Gasteiger partial charge in [0.05, 0.1) is 0 Å². The lowest BCUT2D eigenvalue weighted by Gasteiger charge is -2.33. The fraction of sp³-hybridized carbons (Fsp3) is 0.281. The minimum Gasteiger partial charge on any atom is -0.473 e. The first-order valence-corrected chi connectivity index (χ1v) is 13.0. The number of piperidine rings is 1. The van der Waals surface area contributed by atoms with Crippen molar-refractivity contribution in [1.82, 2.24) is 4.98 Å². The van der Waals surface area contributed by atoms with Gasteiger partial charge in [0.15, 0.2) is 0 Å². The van der Waals surface area contributed by atoms with Crippen LogP contribution in [0.1, 0.15) is 37.3 Å². The maximum atomic E-state index is 6.24. The Kier molecular flexibility index (Phi) is 7.82. The number of ether oxygens (including phenoxy) is 2. The molecule has 0 spiro atoms. The molecule has 0 bridgehead atoms. The third-order valence-electron chi connectivity index (χ3n) is 7.02. The smallest absolute Gasteiger partial charge is 0.225 e. The SMILES string of the molecule is CCC1CCN(c2ccc(-c3ccc(OCc4ccccc4)nc3OCc3ccccc3)cc2)CC1. The highest BCUT2D eigenvalue weighted by atomic mass is 16.5. The molecule has 0 unspecified atom stereocenters. The molecule has 4 heteroatoms. The summed E-state index contributed by atoms with van der Waals surface area (Å²) in [5, 5.41) is 0. The molecule has 36 heavy (non-hydrogen) atoms. The Morgan fingerprint density at radius 1 is 0.722 bits per heavy atom. The second kappa shape index (κ2) is 11.8. The van der Waals surface area contributed by atoms with E-state index in [9.17, 15) is 0 Å². The monoisotopic (exact) mass is 478 g/mol. The third kappa shape index (κ3) is 6.06. The molecule has 0 aliphatic carbocycles. The van der Waals surface area contributed by atoms with Crippen molar-refractivity contribution in [3.05, 3.63) is 108 Å². The van der Waals surface area contributed by atoms with Crippen molar-refractivity contribution in [2.24, 2.45) is 5.92 Å². The van der Waals surface area contributed by atoms with Crippen LogP contribution < -0.4 is 14.4 Å². The van der Waals surface area contributed by atoms with Crippen molar-refractivity contribution in [3.8, 4) is 22.9 Å². The van der Waals surface area contributed by atoms with Gasteiger partial charge in [-0.05, 0) is 53.6 Å². The van der Waals surface area contributed by atoms with Crippen LogP contribution in [0.5, 0.6) is 11.8 Å². The van der Waals surface area contributed by atoms with Gasteiger partial charge in [-0.1, -0.05) is 86.1 Å². The van der Waals surface area contributed by atoms with Crippen LogP contribution in [-0.4, -0.2) is 18.1 Å². The van der Waals surface area contributed by atoms with Gasteiger partial charge in [0.2, 0.25) is 11.8 Å². The summed E-state index contributed by atoms with van der Waals surface area (Å²) < 4.78 is 12.2. The predicted molar refractivity (Wildman–Crippen MR) is 146 cm³/mol. The molecule has 1 aliphatic rings. The molecule has 5 rings (SSSR count). The first-order valence-electron chi connectivity index (χ1n) is 13.0. The Hall–Kier alpha value is -3.79. The number of aromatic nitrogens is 1. The number of anilines is 1. The summed E-state index contributed by atoms with van der Waals surface area (Å²) in [5.74, 6) is 2.01. The van der Waals surface area contributed by atoms with Crippen LogP contribution in [0.4, 0.5) is 5.69 Å². The first kappa shape index (κ1) is 23.9. The number of nitrogens with zero attached hydrogens (tertiary/aromatic N) is 2. The third-order valence-corrected chi connectivity index (χ3v) is 7.02. The van der Waals surface area contributed by atoms with E-state index in [2.05, 4.69) is 54.3 Å². The largest absolute Gasteiger partial charge is 0.473 e. The van der Waals surface area contributed by atoms with Gasteiger partial charge in [-0.3, -0.25) is 0 Å². The summed E-state index contributed by atoms with van der Waals surface area (Å²) in [7, 11) is 0. The lowest BCUT2D eigenvalue weighted by Crippen LogP contribution is -2.33. The highest BCUT2D eigenvalue weighted by Crippen LogP contribution is 2.33. The number of rotatable bonds is 9. The maximum absolute atomic E-state index is 6.24. The molecular formula is C32H34N2O2. The second-order valence-corrected chi connectivity index (χ2v) is 9.44. The summed E-state index contributed by atoms with van der Waals surface area (Å²) >= 11 is 0. The molecule has 4 aromatic rings. The minimum atomic E-state index is 0.452. The van der Waals surface area contributed by atoms with Gasteiger partial charge in [0.25, 0.3) is 0 Å². The van der Waals surface area contributed by atoms with E-state index in [1.54, 1.807) is 0 Å². The standard InChI is InChI=1S/C32H34N2O2/c1-2-25-19-21-34(22-20-25)29-15-13-28(14-16-29)30-17-18-31(35-23-26-9-5-3-6-10-26)33-32(30)36-24-27-11-7-4-8-12-27/h3-18,25H,2,19-24H2,1H3. The Labute approximate surface area is 214 Å². The first-order chi connectivity index (χ1) is 17.8. The van der Waals surface area contributed by atoms with Crippen LogP contribution in [0.25, 0.3) is 11.1 Å². The molecule has 4 nitrogen and oxygen atoms in total. The van der Waals surface area contributed by atoms with Crippen LogP contribution >= 0.6 is 0 Å². The fourth-order valence-electron chi connectivity index (χ4n) is 4.74. The van der Waals surface area contributed by atoms with Crippen molar-refractivity contribution in [3.63, 3.8) is 0 Å². The molecule has 0 amide bonds. The van der Waals surface area contributed by atoms with Gasteiger partial charge in [-0.25, -0.2) is 0 Å². The number of hydrogen-bond acceptors (Lipinski definition) is 4. The summed E-state index contributed by atoms with van der Waals surface area (Å²) in [6.07, 6.45) is 3.85. The van der Waals surface area contributed by atoms with E-state index < -0.39 is 0 Å². The zero-order valence-electron chi connectivity index (χ0n) is 21.0. The summed E-state index contributed by atoms with van der Waals surface area (Å²) in [6.45, 7) is 5.50. The lowest BCUT2D eigenvalue weighted by atomic mass is 9.94. The van der Waals surface area contributed by atoms with E-state index in [4.69, 9.17) is 14.5 Å². The molecule has 0 radical (unpaired) electrons. The van der Waals surface area contributed by atoms with Crippen molar-refractivity contribution < 1.29 is 9.47 Å². The van der Waals surface area contributed by atoms with Gasteiger partial charge in [0, 0.05) is 30.4 Å². The van der Waals surface area contributed by atoms with E-state index in [-0.39, 0.29) is 0 Å². The molecule has 1 aliphatic heterocycles. The highest BCUT2D eigenvalue weighted by Gasteiger charge is 2.18. The molecular weight excluding hydrogens is 444 g/mol. The fourth-order valence-corrected chi connectivity index (χ4v) is 4.74. The van der Waals surface area contributed by atoms with Gasteiger partial charge in [-0.2, -0.15) is 4.98 Å². The number of hydrogen-bond donors (Lipinski definition) is 0. The lowest BCUT2D eigenvalue weighted by molar-refractivity contribution is 0.268. The van der Waals surface area contributed by atoms with Crippen LogP contribution in [0.2, 0.25) is 0 Å². The zero-order valence-corrected chi connectivity index (χ0v) is 21.0. The summed E-state index contributed by atoms with van der Waals surface area (Å²) in [5.41, 5.74) is 5.55. The van der Waals surface area contributed by atoms with Crippen LogP contribution in [-0.2, 0) is 13.2 Å². The zero-order chi connectivity index (χ0) is 24.6. The summed E-state index contributed by atoms with van der Waals surface area (Å²) in [6, 6.07) is 33.1. The van der Waals surface area contributed by atoms with E-state index >= 15 is 0 Å². The molecule has 1 fully saturated rings. The highest BCUT2D eigenvalue weighted by molar-refractivity contribution is 5.71. The summed E-state index contributed by atoms with van der Waals surface area (Å²) in [4.78, 5) is 7.26. The topological polar surface area (TPSA) is 34.6 Å². The van der Waals surface area contributed by atoms with E-state index in [0.717, 1.165) is 41.3 Å². The van der Waals surface area contributed by atoms with E-state index in [1.165, 1.54) is 24.9 Å². The Balaban J connectivity index is 1.35. The van der Waals surface area contributed by atoms with Gasteiger partial charge in [0.1, 0.15) is 13.2 Å². The number of pyridine rings is 1. The van der Waals surface area contributed by atoms with E-state index in [0.29, 0.717) is 25.0 Å². The van der Waals surface area contributed by atoms with Crippen molar-refractivity contribution in [1.29, 1.82) is 0 Å². The molecule has 2 heterocycles. The maximum Gasteiger partial charge on any atom is 0.225 e. The quantitative estimate of drug-likeness (QED) is 0.249. The number of benzene rings is 3. The van der Waals surface area contributed by atoms with E-state index in [1.807, 2.05) is 54.6 Å². The Morgan fingerprint density at radius 3 is 1.94 bits per heavy atom. The minimum absolute atomic E-state index is 0.452. The normalized spacial score (nSPS) is 14.0. The van der Waals surface area contributed by atoms with Gasteiger partial charge >= 0.3 is 0 Å². The average molecular weight is 479 g/mol. The second-order valence-electron chi connectivity index (χ2n) is 9.44. The Bertz CT molecular complexity index is 1220. The van der Waals surface area contributed by atoms with Gasteiger partial charge < -0.3 is 14.4 Å². The molecule has 0 saturated carbocycles. The van der Waals surface area contributed by atoms with Crippen molar-refractivity contribution in [2.75, 3.05) is 18.0 Å². The Morgan fingerprint density at radius 2 is 1.33 bits per heavy atom. The molecule has 1 aromatic heterocycles. The van der Waals surface area contributed by atoms with Gasteiger partial charge in [-0.15, -0.1) is 0 Å². The average Bonchev–Trinajstić information content (AvgIpc) is 2.96. The van der Waals surface area contributed by atoms with Crippen molar-refractivity contribution >= 4 is 5.69 Å². The molecule has 0 atom stereocenters. The van der Waals surface area contributed by atoms with Crippen LogP contribution in [0.15, 0.2) is 97.1 Å². The molecule has 1 saturated heterocycles. The van der Waals surface area contributed by atoms with Crippen LogP contribution in [0, 0.1) is 5.92 Å². The van der Waals surface area contributed by atoms with Crippen LogP contribution in [0.3, 0.4) is 0 Å². The molecule has 0 N–H and O–H groups in total. The molecule has 184 valence electrons. The molecule has 3 aromatic carbocycles. The van der Waals surface area contributed by atoms with Crippen molar-refractivity contribution in [2.45, 2.75) is 39.4 Å². The predicted octanol–water partition coefficient (Wildman–Crippen LogP) is 7.53.